The maximum absolute atomic E-state index is 8.58. The molecule has 1 aromatic carbocycles. The van der Waals surface area contributed by atoms with E-state index in [0.717, 1.165) is 12.2 Å². The molecule has 0 unspecified atom stereocenters. The quantitative estimate of drug-likeness (QED) is 0.776. The maximum atomic E-state index is 8.58. The molecule has 0 aliphatic carbocycles. The summed E-state index contributed by atoms with van der Waals surface area (Å²) in [7, 11) is 0. The van der Waals surface area contributed by atoms with E-state index in [2.05, 4.69) is 24.5 Å². The van der Waals surface area contributed by atoms with E-state index in [4.69, 9.17) is 10.5 Å². The van der Waals surface area contributed by atoms with Gasteiger partial charge in [-0.25, -0.2) is 0 Å². The van der Waals surface area contributed by atoms with Gasteiger partial charge in [-0.2, -0.15) is 10.5 Å². The van der Waals surface area contributed by atoms with Crippen molar-refractivity contribution >= 4 is 5.69 Å². The van der Waals surface area contributed by atoms with Crippen molar-refractivity contribution in [3.05, 3.63) is 41.6 Å². The van der Waals surface area contributed by atoms with Gasteiger partial charge in [-0.05, 0) is 17.7 Å². The van der Waals surface area contributed by atoms with Crippen LogP contribution in [0.4, 0.5) is 5.69 Å². The summed E-state index contributed by atoms with van der Waals surface area (Å²) in [6, 6.07) is 11.9. The Hall–Kier alpha value is -2.30. The van der Waals surface area contributed by atoms with E-state index in [9.17, 15) is 0 Å². The van der Waals surface area contributed by atoms with Gasteiger partial charge in [-0.15, -0.1) is 0 Å². The first-order valence-corrected chi connectivity index (χ1v) is 5.75. The fourth-order valence-electron chi connectivity index (χ4n) is 1.29. The van der Waals surface area contributed by atoms with Gasteiger partial charge in [0.1, 0.15) is 17.7 Å². The zero-order valence-corrected chi connectivity index (χ0v) is 10.6. The normalized spacial score (nSPS) is 9.39. The first kappa shape index (κ1) is 13.8. The van der Waals surface area contributed by atoms with Crippen molar-refractivity contribution in [2.75, 3.05) is 5.32 Å². The fourth-order valence-corrected chi connectivity index (χ4v) is 1.29. The summed E-state index contributed by atoms with van der Waals surface area (Å²) < 4.78 is 0. The van der Waals surface area contributed by atoms with Crippen LogP contribution >= 0.6 is 0 Å². The van der Waals surface area contributed by atoms with Crippen molar-refractivity contribution < 1.29 is 0 Å². The molecule has 92 valence electrons. The van der Waals surface area contributed by atoms with Gasteiger partial charge in [-0.3, -0.25) is 0 Å². The second-order valence-corrected chi connectivity index (χ2v) is 4.16. The van der Waals surface area contributed by atoms with Crippen LogP contribution in [0.1, 0.15) is 19.4 Å². The lowest BCUT2D eigenvalue weighted by Gasteiger charge is -2.08. The van der Waals surface area contributed by atoms with Gasteiger partial charge in [0, 0.05) is 24.5 Å². The number of rotatable bonds is 5. The van der Waals surface area contributed by atoms with E-state index in [1.54, 1.807) is 12.1 Å². The Kier molecular flexibility index (Phi) is 5.44. The standard InChI is InChI=1S/C14H16N4/c1-11(2)17-9-12-3-5-14(6-4-12)18-10-13(7-15)8-16/h3-6,10-11,17-18H,9H2,1-2H3. The Morgan fingerprint density at radius 3 is 2.33 bits per heavy atom. The first-order chi connectivity index (χ1) is 8.65. The number of nitrogens with zero attached hydrogens (tertiary/aromatic N) is 2. The summed E-state index contributed by atoms with van der Waals surface area (Å²) in [5.74, 6) is 0. The number of hydrogen-bond acceptors (Lipinski definition) is 4. The van der Waals surface area contributed by atoms with Gasteiger partial charge < -0.3 is 10.6 Å². The highest BCUT2D eigenvalue weighted by Gasteiger charge is 1.96. The van der Waals surface area contributed by atoms with Crippen molar-refractivity contribution in [2.45, 2.75) is 26.4 Å². The minimum absolute atomic E-state index is 0.0561. The van der Waals surface area contributed by atoms with E-state index < -0.39 is 0 Å². The molecule has 4 nitrogen and oxygen atoms in total. The Morgan fingerprint density at radius 2 is 1.83 bits per heavy atom. The SMILES string of the molecule is CC(C)NCc1ccc(NC=C(C#N)C#N)cc1. The Morgan fingerprint density at radius 1 is 1.22 bits per heavy atom. The van der Waals surface area contributed by atoms with Crippen LogP contribution in [0.5, 0.6) is 0 Å². The monoisotopic (exact) mass is 240 g/mol. The Balaban J connectivity index is 2.59. The van der Waals surface area contributed by atoms with Gasteiger partial charge >= 0.3 is 0 Å². The molecule has 0 bridgehead atoms. The molecular weight excluding hydrogens is 224 g/mol. The average molecular weight is 240 g/mol. The summed E-state index contributed by atoms with van der Waals surface area (Å²) in [6.45, 7) is 5.04. The molecule has 0 aliphatic rings. The molecule has 0 aromatic heterocycles. The summed E-state index contributed by atoms with van der Waals surface area (Å²) >= 11 is 0. The molecule has 0 atom stereocenters. The Labute approximate surface area is 108 Å². The third-order valence-electron chi connectivity index (χ3n) is 2.29. The van der Waals surface area contributed by atoms with Gasteiger partial charge in [0.2, 0.25) is 0 Å². The molecule has 0 fully saturated rings. The van der Waals surface area contributed by atoms with Crippen LogP contribution in [0.25, 0.3) is 0 Å². The summed E-state index contributed by atoms with van der Waals surface area (Å²) in [5.41, 5.74) is 2.10. The number of anilines is 1. The van der Waals surface area contributed by atoms with Crippen LogP contribution < -0.4 is 10.6 Å². The fraction of sp³-hybridized carbons (Fsp3) is 0.286. The molecule has 1 rings (SSSR count). The first-order valence-electron chi connectivity index (χ1n) is 5.75. The minimum Gasteiger partial charge on any atom is -0.360 e. The zero-order valence-electron chi connectivity index (χ0n) is 10.6. The molecule has 0 radical (unpaired) electrons. The maximum Gasteiger partial charge on any atom is 0.145 e. The topological polar surface area (TPSA) is 71.6 Å². The van der Waals surface area contributed by atoms with E-state index in [1.807, 2.05) is 24.3 Å². The Bertz CT molecular complexity index is 470. The lowest BCUT2D eigenvalue weighted by molar-refractivity contribution is 0.589. The number of allylic oxidation sites excluding steroid dienone is 1. The van der Waals surface area contributed by atoms with Crippen LogP contribution in [0, 0.1) is 22.7 Å². The van der Waals surface area contributed by atoms with E-state index in [1.165, 1.54) is 11.8 Å². The third kappa shape index (κ3) is 4.69. The second-order valence-electron chi connectivity index (χ2n) is 4.16. The smallest absolute Gasteiger partial charge is 0.145 e. The lowest BCUT2D eigenvalue weighted by atomic mass is 10.2. The van der Waals surface area contributed by atoms with Crippen molar-refractivity contribution in [3.63, 3.8) is 0 Å². The number of nitriles is 2. The highest BCUT2D eigenvalue weighted by atomic mass is 14.9. The number of benzene rings is 1. The predicted molar refractivity (Wildman–Crippen MR) is 71.3 cm³/mol. The van der Waals surface area contributed by atoms with E-state index in [-0.39, 0.29) is 5.57 Å². The molecule has 0 heterocycles. The predicted octanol–water partition coefficient (Wildman–Crippen LogP) is 2.53. The van der Waals surface area contributed by atoms with Crippen LogP contribution in [-0.4, -0.2) is 6.04 Å². The molecule has 0 aliphatic heterocycles. The van der Waals surface area contributed by atoms with Crippen LogP contribution in [0.15, 0.2) is 36.0 Å². The molecule has 2 N–H and O–H groups in total. The van der Waals surface area contributed by atoms with Crippen molar-refractivity contribution in [1.29, 1.82) is 10.5 Å². The van der Waals surface area contributed by atoms with Crippen molar-refractivity contribution in [1.82, 2.24) is 5.32 Å². The molecule has 0 saturated carbocycles. The van der Waals surface area contributed by atoms with Crippen LogP contribution in [0.3, 0.4) is 0 Å². The van der Waals surface area contributed by atoms with Gasteiger partial charge in [0.15, 0.2) is 0 Å². The third-order valence-corrected chi connectivity index (χ3v) is 2.29. The van der Waals surface area contributed by atoms with Crippen molar-refractivity contribution in [2.24, 2.45) is 0 Å². The largest absolute Gasteiger partial charge is 0.360 e. The molecular formula is C14H16N4. The van der Waals surface area contributed by atoms with Crippen molar-refractivity contribution in [3.8, 4) is 12.1 Å². The summed E-state index contributed by atoms with van der Waals surface area (Å²) in [5, 5.41) is 23.4. The highest BCUT2D eigenvalue weighted by molar-refractivity contribution is 5.50. The number of nitrogens with one attached hydrogen (secondary N) is 2. The van der Waals surface area contributed by atoms with Gasteiger partial charge in [0.05, 0.1) is 0 Å². The minimum atomic E-state index is 0.0561. The molecule has 0 amide bonds. The number of hydrogen-bond donors (Lipinski definition) is 2. The molecule has 0 spiro atoms. The molecule has 18 heavy (non-hydrogen) atoms. The van der Waals surface area contributed by atoms with Gasteiger partial charge in [-0.1, -0.05) is 26.0 Å². The summed E-state index contributed by atoms with van der Waals surface area (Å²) in [4.78, 5) is 0. The van der Waals surface area contributed by atoms with Crippen LogP contribution in [-0.2, 0) is 6.54 Å². The highest BCUT2D eigenvalue weighted by Crippen LogP contribution is 2.10. The second kappa shape index (κ2) is 7.11. The van der Waals surface area contributed by atoms with E-state index >= 15 is 0 Å². The van der Waals surface area contributed by atoms with E-state index in [0.29, 0.717) is 6.04 Å². The molecule has 0 saturated heterocycles. The molecule has 1 aromatic rings. The van der Waals surface area contributed by atoms with Crippen LogP contribution in [0.2, 0.25) is 0 Å². The zero-order chi connectivity index (χ0) is 13.4. The van der Waals surface area contributed by atoms with Gasteiger partial charge in [0.25, 0.3) is 0 Å². The lowest BCUT2D eigenvalue weighted by Crippen LogP contribution is -2.21. The summed E-state index contributed by atoms with van der Waals surface area (Å²) in [6.07, 6.45) is 1.40. The molecule has 4 heteroatoms. The average Bonchev–Trinajstić information content (AvgIpc) is 2.39.